The molecule has 0 saturated heterocycles. The highest BCUT2D eigenvalue weighted by atomic mass is 16.5. The van der Waals surface area contributed by atoms with Crippen LogP contribution in [0.2, 0.25) is 0 Å². The first-order chi connectivity index (χ1) is 9.69. The van der Waals surface area contributed by atoms with Crippen LogP contribution in [0.4, 0.5) is 6.01 Å². The summed E-state index contributed by atoms with van der Waals surface area (Å²) < 4.78 is 9.84. The number of rotatable bonds is 5. The number of oxazole rings is 1. The normalized spacial score (nSPS) is 15.8. The molecule has 0 aliphatic heterocycles. The van der Waals surface area contributed by atoms with Gasteiger partial charge in [0.1, 0.15) is 6.26 Å². The SMILES string of the molecule is CCOC(=O)c1coc(NC(=O)CC2CCCCC2)n1. The maximum Gasteiger partial charge on any atom is 0.360 e. The molecular formula is C14H20N2O4. The molecule has 1 amide bonds. The molecule has 6 heteroatoms. The second-order valence-electron chi connectivity index (χ2n) is 5.01. The number of amides is 1. The van der Waals surface area contributed by atoms with Crippen LogP contribution in [0.5, 0.6) is 0 Å². The molecule has 20 heavy (non-hydrogen) atoms. The van der Waals surface area contributed by atoms with Crippen molar-refractivity contribution in [3.05, 3.63) is 12.0 Å². The Bertz CT molecular complexity index is 463. The number of carbonyl (C=O) groups is 2. The number of nitrogens with zero attached hydrogens (tertiary/aromatic N) is 1. The van der Waals surface area contributed by atoms with Crippen LogP contribution in [0.3, 0.4) is 0 Å². The molecule has 6 nitrogen and oxygen atoms in total. The van der Waals surface area contributed by atoms with E-state index in [1.807, 2.05) is 0 Å². The van der Waals surface area contributed by atoms with E-state index < -0.39 is 5.97 Å². The average Bonchev–Trinajstić information content (AvgIpc) is 2.88. The highest BCUT2D eigenvalue weighted by Crippen LogP contribution is 2.26. The first-order valence-electron chi connectivity index (χ1n) is 7.11. The van der Waals surface area contributed by atoms with Gasteiger partial charge in [0.25, 0.3) is 0 Å². The van der Waals surface area contributed by atoms with Gasteiger partial charge in [0.05, 0.1) is 6.61 Å². The van der Waals surface area contributed by atoms with Crippen molar-refractivity contribution in [1.82, 2.24) is 4.98 Å². The molecule has 1 aromatic rings. The van der Waals surface area contributed by atoms with Gasteiger partial charge in [-0.1, -0.05) is 19.3 Å². The zero-order valence-electron chi connectivity index (χ0n) is 11.7. The Balaban J connectivity index is 1.83. The summed E-state index contributed by atoms with van der Waals surface area (Å²) in [5, 5.41) is 2.58. The van der Waals surface area contributed by atoms with Crippen LogP contribution in [0, 0.1) is 5.92 Å². The highest BCUT2D eigenvalue weighted by molar-refractivity contribution is 5.90. The van der Waals surface area contributed by atoms with Gasteiger partial charge in [-0.2, -0.15) is 4.98 Å². The second-order valence-corrected chi connectivity index (χ2v) is 5.01. The smallest absolute Gasteiger partial charge is 0.360 e. The van der Waals surface area contributed by atoms with E-state index in [0.717, 1.165) is 12.8 Å². The van der Waals surface area contributed by atoms with E-state index in [4.69, 9.17) is 9.15 Å². The molecule has 110 valence electrons. The minimum Gasteiger partial charge on any atom is -0.461 e. The summed E-state index contributed by atoms with van der Waals surface area (Å²) in [7, 11) is 0. The quantitative estimate of drug-likeness (QED) is 0.839. The molecule has 1 N–H and O–H groups in total. The summed E-state index contributed by atoms with van der Waals surface area (Å²) in [5.41, 5.74) is 0.0693. The number of hydrogen-bond acceptors (Lipinski definition) is 5. The summed E-state index contributed by atoms with van der Waals surface area (Å²) in [4.78, 5) is 27.2. The summed E-state index contributed by atoms with van der Waals surface area (Å²) in [6.07, 6.45) is 7.54. The Morgan fingerprint density at radius 2 is 2.15 bits per heavy atom. The van der Waals surface area contributed by atoms with Crippen molar-refractivity contribution in [2.45, 2.75) is 45.4 Å². The molecule has 0 unspecified atom stereocenters. The van der Waals surface area contributed by atoms with Crippen molar-refractivity contribution in [1.29, 1.82) is 0 Å². The maximum absolute atomic E-state index is 11.9. The first-order valence-corrected chi connectivity index (χ1v) is 7.11. The Hall–Kier alpha value is -1.85. The number of esters is 1. The van der Waals surface area contributed by atoms with Crippen molar-refractivity contribution in [3.63, 3.8) is 0 Å². The Morgan fingerprint density at radius 1 is 1.40 bits per heavy atom. The number of carbonyl (C=O) groups excluding carboxylic acids is 2. The standard InChI is InChI=1S/C14H20N2O4/c1-2-19-13(18)11-9-20-14(15-11)16-12(17)8-10-6-4-3-5-7-10/h9-10H,2-8H2,1H3,(H,15,16,17). The van der Waals surface area contributed by atoms with E-state index in [2.05, 4.69) is 10.3 Å². The van der Waals surface area contributed by atoms with Crippen LogP contribution < -0.4 is 5.32 Å². The molecule has 0 radical (unpaired) electrons. The molecule has 1 aliphatic carbocycles. The lowest BCUT2D eigenvalue weighted by Gasteiger charge is -2.20. The second kappa shape index (κ2) is 7.07. The van der Waals surface area contributed by atoms with Gasteiger partial charge in [-0.15, -0.1) is 0 Å². The monoisotopic (exact) mass is 280 g/mol. The van der Waals surface area contributed by atoms with Crippen LogP contribution >= 0.6 is 0 Å². The van der Waals surface area contributed by atoms with Crippen molar-refractivity contribution in [2.24, 2.45) is 5.92 Å². The number of ether oxygens (including phenoxy) is 1. The van der Waals surface area contributed by atoms with Crippen LogP contribution in [0.25, 0.3) is 0 Å². The average molecular weight is 280 g/mol. The Labute approximate surface area is 117 Å². The molecule has 2 rings (SSSR count). The van der Waals surface area contributed by atoms with Crippen LogP contribution in [-0.2, 0) is 9.53 Å². The topological polar surface area (TPSA) is 81.4 Å². The third kappa shape index (κ3) is 4.08. The predicted octanol–water partition coefficient (Wildman–Crippen LogP) is 2.76. The van der Waals surface area contributed by atoms with Gasteiger partial charge in [0.2, 0.25) is 5.91 Å². The van der Waals surface area contributed by atoms with Gasteiger partial charge in [-0.3, -0.25) is 10.1 Å². The Kier molecular flexibility index (Phi) is 5.15. The van der Waals surface area contributed by atoms with E-state index in [0.29, 0.717) is 12.3 Å². The van der Waals surface area contributed by atoms with E-state index in [1.54, 1.807) is 6.92 Å². The van der Waals surface area contributed by atoms with E-state index in [9.17, 15) is 9.59 Å². The van der Waals surface area contributed by atoms with Crippen LogP contribution in [-0.4, -0.2) is 23.5 Å². The summed E-state index contributed by atoms with van der Waals surface area (Å²) in [6, 6.07) is 0.0499. The van der Waals surface area contributed by atoms with Gasteiger partial charge in [0, 0.05) is 6.42 Å². The van der Waals surface area contributed by atoms with Crippen molar-refractivity contribution < 1.29 is 18.7 Å². The fourth-order valence-electron chi connectivity index (χ4n) is 2.45. The highest BCUT2D eigenvalue weighted by Gasteiger charge is 2.19. The fourth-order valence-corrected chi connectivity index (χ4v) is 2.45. The van der Waals surface area contributed by atoms with Crippen molar-refractivity contribution in [3.8, 4) is 0 Å². The van der Waals surface area contributed by atoms with Crippen molar-refractivity contribution in [2.75, 3.05) is 11.9 Å². The van der Waals surface area contributed by atoms with Gasteiger partial charge >= 0.3 is 12.0 Å². The van der Waals surface area contributed by atoms with E-state index >= 15 is 0 Å². The van der Waals surface area contributed by atoms with Gasteiger partial charge < -0.3 is 9.15 Å². The first kappa shape index (κ1) is 14.6. The van der Waals surface area contributed by atoms with Crippen LogP contribution in [0.15, 0.2) is 10.7 Å². The zero-order chi connectivity index (χ0) is 14.4. The Morgan fingerprint density at radius 3 is 2.85 bits per heavy atom. The van der Waals surface area contributed by atoms with Crippen LogP contribution in [0.1, 0.15) is 55.9 Å². The number of aromatic nitrogens is 1. The summed E-state index contributed by atoms with van der Waals surface area (Å²) in [5.74, 6) is -0.221. The van der Waals surface area contributed by atoms with Crippen molar-refractivity contribution >= 4 is 17.9 Å². The molecule has 1 aliphatic rings. The molecule has 0 atom stereocenters. The summed E-state index contributed by atoms with van der Waals surface area (Å²) in [6.45, 7) is 1.99. The van der Waals surface area contributed by atoms with E-state index in [-0.39, 0.29) is 24.2 Å². The number of nitrogens with one attached hydrogen (secondary N) is 1. The minimum absolute atomic E-state index is 0.0499. The lowest BCUT2D eigenvalue weighted by Crippen LogP contribution is -2.18. The lowest BCUT2D eigenvalue weighted by molar-refractivity contribution is -0.117. The molecule has 1 saturated carbocycles. The molecule has 1 heterocycles. The third-order valence-electron chi connectivity index (χ3n) is 3.43. The molecule has 0 bridgehead atoms. The molecular weight excluding hydrogens is 260 g/mol. The maximum atomic E-state index is 11.9. The number of hydrogen-bond donors (Lipinski definition) is 1. The summed E-state index contributed by atoms with van der Waals surface area (Å²) >= 11 is 0. The van der Waals surface area contributed by atoms with Gasteiger partial charge in [-0.25, -0.2) is 4.79 Å². The third-order valence-corrected chi connectivity index (χ3v) is 3.43. The van der Waals surface area contributed by atoms with Gasteiger partial charge in [0.15, 0.2) is 5.69 Å². The molecule has 1 aromatic heterocycles. The minimum atomic E-state index is -0.552. The van der Waals surface area contributed by atoms with Gasteiger partial charge in [-0.05, 0) is 25.7 Å². The zero-order valence-corrected chi connectivity index (χ0v) is 11.7. The van der Waals surface area contributed by atoms with E-state index in [1.165, 1.54) is 25.5 Å². The lowest BCUT2D eigenvalue weighted by atomic mass is 9.87. The molecule has 0 spiro atoms. The molecule has 1 fully saturated rings. The predicted molar refractivity (Wildman–Crippen MR) is 72.3 cm³/mol. The molecule has 0 aromatic carbocycles. The number of anilines is 1. The largest absolute Gasteiger partial charge is 0.461 e. The fraction of sp³-hybridized carbons (Fsp3) is 0.643.